The minimum absolute atomic E-state index is 0.0410. The topological polar surface area (TPSA) is 80.6 Å². The minimum atomic E-state index is -0.0410. The molecule has 0 aliphatic rings. The molecule has 0 saturated heterocycles. The zero-order valence-electron chi connectivity index (χ0n) is 8.31. The van der Waals surface area contributed by atoms with Crippen LogP contribution in [-0.4, -0.2) is 20.6 Å². The first kappa shape index (κ1) is 9.39. The van der Waals surface area contributed by atoms with E-state index in [-0.39, 0.29) is 5.84 Å². The Hall–Kier alpha value is -2.17. The first-order chi connectivity index (χ1) is 7.16. The van der Waals surface area contributed by atoms with Crippen LogP contribution in [0.5, 0.6) is 0 Å². The fraction of sp³-hybridized carbons (Fsp3) is 0.100. The van der Waals surface area contributed by atoms with Gasteiger partial charge in [-0.25, -0.2) is 9.67 Å². The zero-order valence-corrected chi connectivity index (χ0v) is 8.31. The molecule has 5 nitrogen and oxygen atoms in total. The van der Waals surface area contributed by atoms with Crippen LogP contribution >= 0.6 is 0 Å². The molecule has 0 radical (unpaired) electrons. The predicted octanol–water partition coefficient (Wildman–Crippen LogP) is 0.860. The van der Waals surface area contributed by atoms with Crippen LogP contribution in [0.15, 0.2) is 30.5 Å². The molecule has 0 aromatic carbocycles. The SMILES string of the molecule is Cc1ccn(-c2cccc(C(=N)N)n2)n1. The van der Waals surface area contributed by atoms with Crippen LogP contribution in [0.2, 0.25) is 0 Å². The van der Waals surface area contributed by atoms with Crippen LogP contribution in [-0.2, 0) is 0 Å². The van der Waals surface area contributed by atoms with Crippen molar-refractivity contribution in [2.75, 3.05) is 0 Å². The van der Waals surface area contributed by atoms with Gasteiger partial charge in [0, 0.05) is 6.20 Å². The summed E-state index contributed by atoms with van der Waals surface area (Å²) in [7, 11) is 0. The number of hydrogen-bond acceptors (Lipinski definition) is 3. The summed E-state index contributed by atoms with van der Waals surface area (Å²) in [5, 5.41) is 11.5. The summed E-state index contributed by atoms with van der Waals surface area (Å²) in [6.07, 6.45) is 1.82. The molecular weight excluding hydrogens is 190 g/mol. The third kappa shape index (κ3) is 1.85. The molecule has 0 bridgehead atoms. The highest BCUT2D eigenvalue weighted by atomic mass is 15.3. The normalized spacial score (nSPS) is 10.2. The van der Waals surface area contributed by atoms with E-state index >= 15 is 0 Å². The third-order valence-electron chi connectivity index (χ3n) is 1.97. The van der Waals surface area contributed by atoms with Crippen LogP contribution in [0.25, 0.3) is 5.82 Å². The number of aryl methyl sites for hydroxylation is 1. The lowest BCUT2D eigenvalue weighted by molar-refractivity contribution is 0.831. The van der Waals surface area contributed by atoms with E-state index in [1.807, 2.05) is 25.3 Å². The lowest BCUT2D eigenvalue weighted by atomic mass is 10.3. The summed E-state index contributed by atoms with van der Waals surface area (Å²) in [5.41, 5.74) is 6.74. The average Bonchev–Trinajstić information content (AvgIpc) is 2.65. The highest BCUT2D eigenvalue weighted by Gasteiger charge is 2.02. The van der Waals surface area contributed by atoms with Gasteiger partial charge in [-0.3, -0.25) is 5.41 Å². The molecule has 0 atom stereocenters. The van der Waals surface area contributed by atoms with Gasteiger partial charge in [0.1, 0.15) is 11.5 Å². The molecule has 0 unspecified atom stereocenters. The highest BCUT2D eigenvalue weighted by Crippen LogP contribution is 2.05. The quantitative estimate of drug-likeness (QED) is 0.558. The van der Waals surface area contributed by atoms with Crippen molar-refractivity contribution >= 4 is 5.84 Å². The van der Waals surface area contributed by atoms with E-state index in [1.54, 1.807) is 16.8 Å². The van der Waals surface area contributed by atoms with Gasteiger partial charge in [-0.2, -0.15) is 5.10 Å². The van der Waals surface area contributed by atoms with Gasteiger partial charge in [-0.1, -0.05) is 6.07 Å². The Morgan fingerprint density at radius 2 is 2.20 bits per heavy atom. The maximum absolute atomic E-state index is 7.29. The van der Waals surface area contributed by atoms with Gasteiger partial charge >= 0.3 is 0 Å². The van der Waals surface area contributed by atoms with Gasteiger partial charge in [0.2, 0.25) is 0 Å². The largest absolute Gasteiger partial charge is 0.382 e. The van der Waals surface area contributed by atoms with E-state index in [9.17, 15) is 0 Å². The highest BCUT2D eigenvalue weighted by molar-refractivity contribution is 5.93. The molecule has 0 aliphatic heterocycles. The van der Waals surface area contributed by atoms with Crippen molar-refractivity contribution in [3.05, 3.63) is 41.9 Å². The number of pyridine rings is 1. The number of hydrogen-bond donors (Lipinski definition) is 2. The third-order valence-corrected chi connectivity index (χ3v) is 1.97. The Labute approximate surface area is 87.1 Å². The number of rotatable bonds is 2. The maximum Gasteiger partial charge on any atom is 0.154 e. The summed E-state index contributed by atoms with van der Waals surface area (Å²) >= 11 is 0. The van der Waals surface area contributed by atoms with E-state index in [2.05, 4.69) is 10.1 Å². The van der Waals surface area contributed by atoms with Crippen LogP contribution in [0.3, 0.4) is 0 Å². The zero-order chi connectivity index (χ0) is 10.8. The standard InChI is InChI=1S/C10H11N5/c1-7-5-6-15(14-7)9-4-2-3-8(13-9)10(11)12/h2-6H,1H3,(H3,11,12). The van der Waals surface area contributed by atoms with Gasteiger partial charge in [0.15, 0.2) is 5.82 Å². The fourth-order valence-electron chi connectivity index (χ4n) is 1.24. The van der Waals surface area contributed by atoms with Gasteiger partial charge in [0.25, 0.3) is 0 Å². The Balaban J connectivity index is 2.45. The molecule has 2 heterocycles. The summed E-state index contributed by atoms with van der Waals surface area (Å²) in [5.74, 6) is 0.622. The van der Waals surface area contributed by atoms with Crippen molar-refractivity contribution in [1.82, 2.24) is 14.8 Å². The number of amidine groups is 1. The number of nitrogens with zero attached hydrogens (tertiary/aromatic N) is 3. The Morgan fingerprint density at radius 3 is 2.80 bits per heavy atom. The van der Waals surface area contributed by atoms with E-state index in [0.717, 1.165) is 5.69 Å². The molecule has 3 N–H and O–H groups in total. The Morgan fingerprint density at radius 1 is 1.40 bits per heavy atom. The van der Waals surface area contributed by atoms with E-state index in [0.29, 0.717) is 11.5 Å². The summed E-state index contributed by atoms with van der Waals surface area (Å²) < 4.78 is 1.65. The summed E-state index contributed by atoms with van der Waals surface area (Å²) in [6.45, 7) is 1.91. The lowest BCUT2D eigenvalue weighted by Crippen LogP contribution is -2.14. The second-order valence-electron chi connectivity index (χ2n) is 3.20. The number of aromatic nitrogens is 3. The van der Waals surface area contributed by atoms with Crippen LogP contribution in [0.4, 0.5) is 0 Å². The molecule has 15 heavy (non-hydrogen) atoms. The van der Waals surface area contributed by atoms with Crippen molar-refractivity contribution in [3.63, 3.8) is 0 Å². The van der Waals surface area contributed by atoms with Crippen LogP contribution in [0.1, 0.15) is 11.4 Å². The number of nitrogens with two attached hydrogens (primary N) is 1. The summed E-state index contributed by atoms with van der Waals surface area (Å²) in [4.78, 5) is 4.21. The van der Waals surface area contributed by atoms with Crippen LogP contribution in [0, 0.1) is 12.3 Å². The van der Waals surface area contributed by atoms with Gasteiger partial charge < -0.3 is 5.73 Å². The molecule has 76 valence electrons. The molecule has 2 aromatic rings. The minimum Gasteiger partial charge on any atom is -0.382 e. The van der Waals surface area contributed by atoms with Gasteiger partial charge in [-0.15, -0.1) is 0 Å². The smallest absolute Gasteiger partial charge is 0.154 e. The Kier molecular flexibility index (Phi) is 2.21. The lowest BCUT2D eigenvalue weighted by Gasteiger charge is -2.02. The molecule has 0 spiro atoms. The number of nitrogen functional groups attached to an aromatic ring is 1. The van der Waals surface area contributed by atoms with Crippen molar-refractivity contribution in [1.29, 1.82) is 5.41 Å². The molecular formula is C10H11N5. The summed E-state index contributed by atoms with van der Waals surface area (Å²) in [6, 6.07) is 7.21. The predicted molar refractivity (Wildman–Crippen MR) is 57.1 cm³/mol. The first-order valence-electron chi connectivity index (χ1n) is 4.51. The van der Waals surface area contributed by atoms with Crippen LogP contribution < -0.4 is 5.73 Å². The van der Waals surface area contributed by atoms with Crippen molar-refractivity contribution < 1.29 is 0 Å². The van der Waals surface area contributed by atoms with E-state index in [1.165, 1.54) is 0 Å². The molecule has 0 fully saturated rings. The monoisotopic (exact) mass is 201 g/mol. The molecule has 0 aliphatic carbocycles. The fourth-order valence-corrected chi connectivity index (χ4v) is 1.24. The van der Waals surface area contributed by atoms with Gasteiger partial charge in [-0.05, 0) is 25.1 Å². The second-order valence-corrected chi connectivity index (χ2v) is 3.20. The number of nitrogens with one attached hydrogen (secondary N) is 1. The average molecular weight is 201 g/mol. The molecule has 0 amide bonds. The Bertz CT molecular complexity index is 500. The molecule has 5 heteroatoms. The molecule has 2 aromatic heterocycles. The maximum atomic E-state index is 7.29. The van der Waals surface area contributed by atoms with E-state index in [4.69, 9.17) is 11.1 Å². The van der Waals surface area contributed by atoms with Crippen molar-refractivity contribution in [2.45, 2.75) is 6.92 Å². The van der Waals surface area contributed by atoms with E-state index < -0.39 is 0 Å². The second kappa shape index (κ2) is 3.53. The first-order valence-corrected chi connectivity index (χ1v) is 4.51. The van der Waals surface area contributed by atoms with Crippen molar-refractivity contribution in [3.8, 4) is 5.82 Å². The molecule has 2 rings (SSSR count). The molecule has 0 saturated carbocycles. The van der Waals surface area contributed by atoms with Gasteiger partial charge in [0.05, 0.1) is 5.69 Å². The van der Waals surface area contributed by atoms with Crippen molar-refractivity contribution in [2.24, 2.45) is 5.73 Å².